The smallest absolute Gasteiger partial charge is 0.231 e. The molecule has 0 aliphatic rings. The summed E-state index contributed by atoms with van der Waals surface area (Å²) < 4.78 is 0. The van der Waals surface area contributed by atoms with Crippen LogP contribution in [0.4, 0.5) is 0 Å². The summed E-state index contributed by atoms with van der Waals surface area (Å²) in [4.78, 5) is 16.7. The monoisotopic (exact) mass is 300 g/mol. The first-order valence-electron chi connectivity index (χ1n) is 4.04. The topological polar surface area (TPSA) is 122 Å². The van der Waals surface area contributed by atoms with Gasteiger partial charge in [0.1, 0.15) is 0 Å². The number of isocyanates is 2. The summed E-state index contributed by atoms with van der Waals surface area (Å²) in [7, 11) is 0. The van der Waals surface area contributed by atoms with Crippen molar-refractivity contribution in [2.45, 2.75) is 83.5 Å². The molecule has 4 N–H and O–H groups in total. The third-order valence-electron chi connectivity index (χ3n) is 1.07. The number of aliphatic hydroxyl groups is 2. The van der Waals surface area contributed by atoms with E-state index in [0.717, 1.165) is 31.4 Å². The SMILES string of the molecule is C.C.C.C.C.C.CCCCCC(O)O.N=C=O.N=C=O. The molecule has 0 aliphatic carbocycles. The fourth-order valence-corrected chi connectivity index (χ4v) is 0.577. The number of nitrogens with one attached hydrogen (secondary N) is 2. The highest BCUT2D eigenvalue weighted by Crippen LogP contribution is 1.99. The van der Waals surface area contributed by atoms with Gasteiger partial charge in [0.05, 0.1) is 0 Å². The molecule has 20 heavy (non-hydrogen) atoms. The molecule has 0 amide bonds. The van der Waals surface area contributed by atoms with Crippen LogP contribution in [0.5, 0.6) is 0 Å². The Morgan fingerprint density at radius 1 is 0.850 bits per heavy atom. The van der Waals surface area contributed by atoms with Crippen LogP contribution in [-0.2, 0) is 9.59 Å². The number of rotatable bonds is 4. The van der Waals surface area contributed by atoms with Crippen LogP contribution in [-0.4, -0.2) is 28.7 Å². The van der Waals surface area contributed by atoms with E-state index < -0.39 is 6.29 Å². The number of carbonyl (C=O) groups excluding carboxylic acids is 2. The van der Waals surface area contributed by atoms with Gasteiger partial charge in [-0.1, -0.05) is 64.3 Å². The molecular weight excluding hydrogens is 260 g/mol. The van der Waals surface area contributed by atoms with Crippen LogP contribution in [0.2, 0.25) is 0 Å². The minimum atomic E-state index is -1.10. The predicted octanol–water partition coefficient (Wildman–Crippen LogP) is 4.50. The second-order valence-electron chi connectivity index (χ2n) is 2.18. The maximum Gasteiger partial charge on any atom is 0.231 e. The van der Waals surface area contributed by atoms with E-state index in [4.69, 9.17) is 30.6 Å². The summed E-state index contributed by atoms with van der Waals surface area (Å²) in [6.07, 6.45) is 4.08. The third kappa shape index (κ3) is 303. The molecule has 0 saturated carbocycles. The van der Waals surface area contributed by atoms with E-state index in [0.29, 0.717) is 6.42 Å². The molecule has 6 heteroatoms. The summed E-state index contributed by atoms with van der Waals surface area (Å²) in [5.41, 5.74) is 0. The minimum absolute atomic E-state index is 0. The van der Waals surface area contributed by atoms with Crippen molar-refractivity contribution in [2.24, 2.45) is 0 Å². The van der Waals surface area contributed by atoms with Crippen molar-refractivity contribution in [3.8, 4) is 0 Å². The van der Waals surface area contributed by atoms with Gasteiger partial charge in [-0.3, -0.25) is 0 Å². The van der Waals surface area contributed by atoms with Crippen molar-refractivity contribution in [1.29, 1.82) is 10.8 Å². The van der Waals surface area contributed by atoms with E-state index in [2.05, 4.69) is 6.92 Å². The zero-order valence-electron chi connectivity index (χ0n) is 8.12. The lowest BCUT2D eigenvalue weighted by Gasteiger charge is -1.99. The lowest BCUT2D eigenvalue weighted by molar-refractivity contribution is -0.0465. The summed E-state index contributed by atoms with van der Waals surface area (Å²) in [6, 6.07) is 0. The van der Waals surface area contributed by atoms with Gasteiger partial charge in [-0.05, 0) is 12.8 Å². The second-order valence-corrected chi connectivity index (χ2v) is 2.18. The lowest BCUT2D eigenvalue weighted by atomic mass is 10.2. The highest BCUT2D eigenvalue weighted by molar-refractivity contribution is 5.26. The van der Waals surface area contributed by atoms with E-state index in [1.54, 1.807) is 0 Å². The van der Waals surface area contributed by atoms with Crippen molar-refractivity contribution in [2.75, 3.05) is 0 Å². The molecule has 0 aromatic rings. The largest absolute Gasteiger partial charge is 0.368 e. The van der Waals surface area contributed by atoms with E-state index in [9.17, 15) is 0 Å². The molecule has 0 heterocycles. The summed E-state index contributed by atoms with van der Waals surface area (Å²) in [5, 5.41) is 27.5. The van der Waals surface area contributed by atoms with Gasteiger partial charge in [0.2, 0.25) is 12.2 Å². The first-order valence-corrected chi connectivity index (χ1v) is 4.04. The van der Waals surface area contributed by atoms with Crippen molar-refractivity contribution in [3.05, 3.63) is 0 Å². The van der Waals surface area contributed by atoms with E-state index in [1.165, 1.54) is 0 Å². The van der Waals surface area contributed by atoms with Gasteiger partial charge < -0.3 is 10.2 Å². The second kappa shape index (κ2) is 83.4. The number of aliphatic hydroxyl groups excluding tert-OH is 1. The molecule has 6 nitrogen and oxygen atoms in total. The molecule has 0 bridgehead atoms. The van der Waals surface area contributed by atoms with Crippen LogP contribution in [0.1, 0.15) is 77.2 Å². The quantitative estimate of drug-likeness (QED) is 0.264. The van der Waals surface area contributed by atoms with E-state index in [-0.39, 0.29) is 44.6 Å². The van der Waals surface area contributed by atoms with Gasteiger partial charge in [-0.2, -0.15) is 0 Å². The van der Waals surface area contributed by atoms with Crippen LogP contribution in [0, 0.1) is 10.8 Å². The van der Waals surface area contributed by atoms with Crippen LogP contribution in [0.3, 0.4) is 0 Å². The maximum absolute atomic E-state index is 8.35. The Hall–Kier alpha value is -1.32. The average molecular weight is 300 g/mol. The molecule has 0 atom stereocenters. The van der Waals surface area contributed by atoms with Crippen molar-refractivity contribution >= 4 is 12.2 Å². The van der Waals surface area contributed by atoms with E-state index in [1.807, 2.05) is 0 Å². The summed E-state index contributed by atoms with van der Waals surface area (Å²) in [6.45, 7) is 2.09. The molecular formula is C14H40N2O4. The van der Waals surface area contributed by atoms with Crippen molar-refractivity contribution < 1.29 is 19.8 Å². The normalized spacial score (nSPS) is 5.00. The number of hydrogen-bond acceptors (Lipinski definition) is 6. The summed E-state index contributed by atoms with van der Waals surface area (Å²) >= 11 is 0. The highest BCUT2D eigenvalue weighted by Gasteiger charge is 1.93. The molecule has 0 saturated heterocycles. The molecule has 0 aromatic heterocycles. The van der Waals surface area contributed by atoms with Gasteiger partial charge >= 0.3 is 0 Å². The molecule has 0 aromatic carbocycles. The highest BCUT2D eigenvalue weighted by atomic mass is 16.5. The average Bonchev–Trinajstić information content (AvgIpc) is 2.07. The van der Waals surface area contributed by atoms with Gasteiger partial charge in [0.15, 0.2) is 6.29 Å². The van der Waals surface area contributed by atoms with Gasteiger partial charge in [0, 0.05) is 0 Å². The minimum Gasteiger partial charge on any atom is -0.368 e. The van der Waals surface area contributed by atoms with Crippen LogP contribution in [0.15, 0.2) is 0 Å². The van der Waals surface area contributed by atoms with E-state index >= 15 is 0 Å². The Morgan fingerprint density at radius 3 is 1.25 bits per heavy atom. The van der Waals surface area contributed by atoms with Gasteiger partial charge in [-0.25, -0.2) is 20.4 Å². The predicted molar refractivity (Wildman–Crippen MR) is 89.6 cm³/mol. The zero-order chi connectivity index (χ0) is 11.8. The van der Waals surface area contributed by atoms with Crippen LogP contribution >= 0.6 is 0 Å². The number of unbranched alkanes of at least 4 members (excludes halogenated alkanes) is 2. The summed E-state index contributed by atoms with van der Waals surface area (Å²) in [5.74, 6) is 0. The standard InChI is InChI=1S/C6H14O2.2CHNO.6CH4/c1-2-3-4-5-6(7)8;2*2-1-3;;;;;;/h6-8H,2-5H2,1H3;2*2H;6*1H4. The molecule has 0 rings (SSSR count). The molecule has 0 unspecified atom stereocenters. The van der Waals surface area contributed by atoms with Crippen LogP contribution in [0.25, 0.3) is 0 Å². The lowest BCUT2D eigenvalue weighted by Crippen LogP contribution is -2.02. The fourth-order valence-electron chi connectivity index (χ4n) is 0.577. The molecule has 0 aliphatic heterocycles. The Bertz CT molecular complexity index is 151. The Kier molecular flexibility index (Phi) is 260. The first-order chi connectivity index (χ1) is 6.60. The molecule has 0 fully saturated rings. The molecule has 130 valence electrons. The van der Waals surface area contributed by atoms with Gasteiger partial charge in [-0.15, -0.1) is 0 Å². The zero-order valence-corrected chi connectivity index (χ0v) is 8.12. The van der Waals surface area contributed by atoms with Crippen LogP contribution < -0.4 is 0 Å². The first kappa shape index (κ1) is 62.3. The fraction of sp³-hybridized carbons (Fsp3) is 0.857. The Balaban J connectivity index is -0.0000000129. The molecule has 0 spiro atoms. The number of hydrogen-bond donors (Lipinski definition) is 4. The third-order valence-corrected chi connectivity index (χ3v) is 1.07. The van der Waals surface area contributed by atoms with Crippen molar-refractivity contribution in [1.82, 2.24) is 0 Å². The Labute approximate surface area is 127 Å². The van der Waals surface area contributed by atoms with Gasteiger partial charge in [0.25, 0.3) is 0 Å². The molecule has 0 radical (unpaired) electrons. The Morgan fingerprint density at radius 2 is 1.10 bits per heavy atom. The van der Waals surface area contributed by atoms with Crippen molar-refractivity contribution in [3.63, 3.8) is 0 Å². The maximum atomic E-state index is 8.35.